The maximum absolute atomic E-state index is 9.74. The molecular weight excluding hydrogens is 242 g/mol. The van der Waals surface area contributed by atoms with Crippen LogP contribution in [0.2, 0.25) is 0 Å². The summed E-state index contributed by atoms with van der Waals surface area (Å²) in [6.07, 6.45) is 2.47. The summed E-state index contributed by atoms with van der Waals surface area (Å²) < 4.78 is 0. The van der Waals surface area contributed by atoms with Crippen LogP contribution >= 0.6 is 12.4 Å². The minimum atomic E-state index is -1.09. The van der Waals surface area contributed by atoms with Crippen LogP contribution in [0.1, 0.15) is 26.7 Å². The van der Waals surface area contributed by atoms with E-state index in [2.05, 4.69) is 19.2 Å². The molecule has 1 rings (SSSR count). The van der Waals surface area contributed by atoms with Gasteiger partial charge < -0.3 is 20.6 Å². The molecule has 0 bridgehead atoms. The zero-order chi connectivity index (χ0) is 12.1. The number of hydrogen-bond acceptors (Lipinski definition) is 4. The van der Waals surface area contributed by atoms with Crippen molar-refractivity contribution in [3.63, 3.8) is 0 Å². The van der Waals surface area contributed by atoms with Crippen molar-refractivity contribution in [1.82, 2.24) is 5.32 Å². The van der Waals surface area contributed by atoms with Gasteiger partial charge in [-0.05, 0) is 12.5 Å². The van der Waals surface area contributed by atoms with Gasteiger partial charge in [-0.25, -0.2) is 0 Å². The third-order valence-electron chi connectivity index (χ3n) is 3.38. The molecule has 0 saturated heterocycles. The van der Waals surface area contributed by atoms with Gasteiger partial charge in [-0.3, -0.25) is 0 Å². The van der Waals surface area contributed by atoms with E-state index in [1.165, 1.54) is 6.08 Å². The second-order valence-electron chi connectivity index (χ2n) is 4.47. The Hall–Kier alpha value is -0.130. The zero-order valence-electron chi connectivity index (χ0n) is 10.4. The van der Waals surface area contributed by atoms with Crippen LogP contribution in [-0.2, 0) is 0 Å². The van der Waals surface area contributed by atoms with Crippen LogP contribution in [0.25, 0.3) is 0 Å². The molecule has 1 aliphatic rings. The van der Waals surface area contributed by atoms with Crippen LogP contribution in [-0.4, -0.2) is 46.2 Å². The summed E-state index contributed by atoms with van der Waals surface area (Å²) in [4.78, 5) is 0. The number of hydrogen-bond donors (Lipinski definition) is 4. The van der Waals surface area contributed by atoms with E-state index in [1.807, 2.05) is 0 Å². The Morgan fingerprint density at radius 1 is 1.06 bits per heavy atom. The minimum Gasteiger partial charge on any atom is -0.388 e. The summed E-state index contributed by atoms with van der Waals surface area (Å²) in [5, 5.41) is 31.8. The molecule has 0 aromatic carbocycles. The van der Waals surface area contributed by atoms with Gasteiger partial charge in [-0.15, -0.1) is 12.4 Å². The fraction of sp³-hybridized carbons (Fsp3) is 0.833. The van der Waals surface area contributed by atoms with Gasteiger partial charge in [0.2, 0.25) is 0 Å². The van der Waals surface area contributed by atoms with E-state index in [0.717, 1.165) is 19.4 Å². The van der Waals surface area contributed by atoms with Gasteiger partial charge in [0, 0.05) is 0 Å². The molecule has 0 heterocycles. The van der Waals surface area contributed by atoms with E-state index in [9.17, 15) is 15.3 Å². The van der Waals surface area contributed by atoms with Gasteiger partial charge >= 0.3 is 0 Å². The first-order valence-corrected chi connectivity index (χ1v) is 6.06. The largest absolute Gasteiger partial charge is 0.388 e. The van der Waals surface area contributed by atoms with Crippen molar-refractivity contribution in [3.8, 4) is 0 Å². The molecule has 4 N–H and O–H groups in total. The zero-order valence-corrected chi connectivity index (χ0v) is 11.2. The molecule has 4 nitrogen and oxygen atoms in total. The maximum atomic E-state index is 9.74. The normalized spacial score (nSPS) is 32.6. The summed E-state index contributed by atoms with van der Waals surface area (Å²) in [6, 6.07) is -0.265. The van der Waals surface area contributed by atoms with Crippen molar-refractivity contribution in [2.45, 2.75) is 51.0 Å². The molecule has 1 aliphatic carbocycles. The van der Waals surface area contributed by atoms with Gasteiger partial charge in [0.25, 0.3) is 0 Å². The average molecular weight is 266 g/mol. The standard InChI is InChI=1S/C12H23NO3.ClH/c1-3-8(4-2)7-13-9-5-6-10(14)12(16)11(9)15;/h5-6,8-16H,3-4,7H2,1-2H3;1H/t9-,10+,11+,12+;/m0./s1. The van der Waals surface area contributed by atoms with E-state index in [1.54, 1.807) is 6.08 Å². The fourth-order valence-corrected chi connectivity index (χ4v) is 1.94. The van der Waals surface area contributed by atoms with Crippen LogP contribution in [0.15, 0.2) is 12.2 Å². The monoisotopic (exact) mass is 265 g/mol. The van der Waals surface area contributed by atoms with Crippen LogP contribution in [0, 0.1) is 5.92 Å². The van der Waals surface area contributed by atoms with Crippen molar-refractivity contribution in [2.75, 3.05) is 6.54 Å². The second kappa shape index (κ2) is 8.06. The van der Waals surface area contributed by atoms with Crippen LogP contribution in [0.4, 0.5) is 0 Å². The molecule has 0 aliphatic heterocycles. The van der Waals surface area contributed by atoms with Crippen molar-refractivity contribution in [1.29, 1.82) is 0 Å². The molecule has 4 atom stereocenters. The molecule has 17 heavy (non-hydrogen) atoms. The molecule has 0 spiro atoms. The number of aliphatic hydroxyl groups is 3. The molecule has 0 amide bonds. The lowest BCUT2D eigenvalue weighted by atomic mass is 9.93. The van der Waals surface area contributed by atoms with Crippen molar-refractivity contribution in [2.24, 2.45) is 5.92 Å². The Morgan fingerprint density at radius 3 is 2.18 bits per heavy atom. The number of rotatable bonds is 5. The van der Waals surface area contributed by atoms with Crippen molar-refractivity contribution >= 4 is 12.4 Å². The van der Waals surface area contributed by atoms with Gasteiger partial charge in [0.15, 0.2) is 0 Å². The number of aliphatic hydroxyl groups excluding tert-OH is 3. The molecule has 5 heteroatoms. The van der Waals surface area contributed by atoms with E-state index >= 15 is 0 Å². The van der Waals surface area contributed by atoms with Crippen LogP contribution in [0.3, 0.4) is 0 Å². The lowest BCUT2D eigenvalue weighted by molar-refractivity contribution is -0.0568. The SMILES string of the molecule is CCC(CC)CN[C@H]1C=C[C@@H](O)[C@@H](O)[C@@H]1O.Cl. The highest BCUT2D eigenvalue weighted by Gasteiger charge is 2.32. The number of nitrogens with one attached hydrogen (secondary N) is 1. The summed E-state index contributed by atoms with van der Waals surface area (Å²) in [5.41, 5.74) is 0. The Morgan fingerprint density at radius 2 is 1.65 bits per heavy atom. The molecule has 0 radical (unpaired) electrons. The minimum absolute atomic E-state index is 0. The van der Waals surface area contributed by atoms with E-state index in [0.29, 0.717) is 5.92 Å². The highest BCUT2D eigenvalue weighted by molar-refractivity contribution is 5.85. The first-order chi connectivity index (χ1) is 7.60. The maximum Gasteiger partial charge on any atom is 0.111 e. The molecule has 102 valence electrons. The molecule has 0 unspecified atom stereocenters. The summed E-state index contributed by atoms with van der Waals surface area (Å²) in [7, 11) is 0. The summed E-state index contributed by atoms with van der Waals surface area (Å²) in [5.74, 6) is 0.588. The fourth-order valence-electron chi connectivity index (χ4n) is 1.94. The Bertz CT molecular complexity index is 234. The van der Waals surface area contributed by atoms with E-state index in [4.69, 9.17) is 0 Å². The highest BCUT2D eigenvalue weighted by Crippen LogP contribution is 2.14. The quantitative estimate of drug-likeness (QED) is 0.545. The first-order valence-electron chi connectivity index (χ1n) is 6.06. The third kappa shape index (κ3) is 4.56. The van der Waals surface area contributed by atoms with Gasteiger partial charge in [-0.1, -0.05) is 38.8 Å². The summed E-state index contributed by atoms with van der Waals surface area (Å²) >= 11 is 0. The second-order valence-corrected chi connectivity index (χ2v) is 4.47. The Kier molecular flexibility index (Phi) is 8.00. The Balaban J connectivity index is 0.00000256. The number of halogens is 1. The van der Waals surface area contributed by atoms with Crippen LogP contribution in [0.5, 0.6) is 0 Å². The van der Waals surface area contributed by atoms with E-state index < -0.39 is 18.3 Å². The van der Waals surface area contributed by atoms with E-state index in [-0.39, 0.29) is 18.4 Å². The molecule has 0 aromatic heterocycles. The predicted molar refractivity (Wildman–Crippen MR) is 70.3 cm³/mol. The molecule has 0 fully saturated rings. The molecular formula is C12H24ClNO3. The van der Waals surface area contributed by atoms with Crippen LogP contribution < -0.4 is 5.32 Å². The van der Waals surface area contributed by atoms with Crippen molar-refractivity contribution < 1.29 is 15.3 Å². The Labute approximate surface area is 109 Å². The summed E-state index contributed by atoms with van der Waals surface area (Å²) in [6.45, 7) is 5.10. The average Bonchev–Trinajstić information content (AvgIpc) is 2.30. The predicted octanol–water partition coefficient (Wildman–Crippen LogP) is 0.455. The molecule has 0 aromatic rings. The topological polar surface area (TPSA) is 72.7 Å². The first kappa shape index (κ1) is 16.9. The smallest absolute Gasteiger partial charge is 0.111 e. The lowest BCUT2D eigenvalue weighted by Crippen LogP contribution is -2.52. The third-order valence-corrected chi connectivity index (χ3v) is 3.38. The molecule has 0 saturated carbocycles. The van der Waals surface area contributed by atoms with Crippen molar-refractivity contribution in [3.05, 3.63) is 12.2 Å². The van der Waals surface area contributed by atoms with Gasteiger partial charge in [-0.2, -0.15) is 0 Å². The van der Waals surface area contributed by atoms with Gasteiger partial charge in [0.05, 0.1) is 6.04 Å². The van der Waals surface area contributed by atoms with Gasteiger partial charge in [0.1, 0.15) is 18.3 Å². The highest BCUT2D eigenvalue weighted by atomic mass is 35.5. The lowest BCUT2D eigenvalue weighted by Gasteiger charge is -2.32.